The Morgan fingerprint density at radius 3 is 2.10 bits per heavy atom. The molecule has 5 aromatic rings. The summed E-state index contributed by atoms with van der Waals surface area (Å²) in [6, 6.07) is 40.8. The molecule has 52 heavy (non-hydrogen) atoms. The number of fused-ring (bicyclic) bond motifs is 6. The fraction of sp³-hybridized carbons (Fsp3) is 0.400. The summed E-state index contributed by atoms with van der Waals surface area (Å²) in [5.41, 5.74) is 16.1. The number of benzene rings is 5. The topological polar surface area (TPSA) is 3.24 Å². The summed E-state index contributed by atoms with van der Waals surface area (Å²) in [6.45, 7) is 14.7. The van der Waals surface area contributed by atoms with E-state index in [2.05, 4.69) is 150 Å². The molecular weight excluding hydrogens is 647 g/mol. The molecule has 1 aliphatic heterocycles. The van der Waals surface area contributed by atoms with Gasteiger partial charge in [-0.25, -0.2) is 0 Å². The lowest BCUT2D eigenvalue weighted by Crippen LogP contribution is -2.43. The van der Waals surface area contributed by atoms with Gasteiger partial charge in [0.25, 0.3) is 0 Å². The maximum Gasteiger partial charge on any atom is 0.0502 e. The molecule has 7 aliphatic rings. The van der Waals surface area contributed by atoms with Crippen LogP contribution in [-0.2, 0) is 21.7 Å². The Balaban J connectivity index is 1.14. The van der Waals surface area contributed by atoms with Gasteiger partial charge in [-0.2, -0.15) is 0 Å². The third-order valence-electron chi connectivity index (χ3n) is 15.3. The van der Waals surface area contributed by atoms with Gasteiger partial charge in [0.1, 0.15) is 0 Å². The molecular formula is C50H51NS. The SMILES string of the molecule is CC1(C)CCC(C)(C)c2c(N(c3ccc4c(c3)Sc3ccccc3C43C4CC5CC(C4)C3C5)c3ccc4c(c3)C(C)(C)c3ccccc3-4)cccc21. The Morgan fingerprint density at radius 2 is 1.25 bits per heavy atom. The van der Waals surface area contributed by atoms with Gasteiger partial charge in [0.2, 0.25) is 0 Å². The van der Waals surface area contributed by atoms with Gasteiger partial charge < -0.3 is 4.90 Å². The summed E-state index contributed by atoms with van der Waals surface area (Å²) in [7, 11) is 0. The molecule has 4 bridgehead atoms. The van der Waals surface area contributed by atoms with Crippen molar-refractivity contribution in [2.75, 3.05) is 4.90 Å². The van der Waals surface area contributed by atoms with E-state index >= 15 is 0 Å². The van der Waals surface area contributed by atoms with Crippen LogP contribution in [0.4, 0.5) is 17.1 Å². The van der Waals surface area contributed by atoms with Gasteiger partial charge >= 0.3 is 0 Å². The molecule has 12 rings (SSSR count). The van der Waals surface area contributed by atoms with Crippen molar-refractivity contribution in [1.82, 2.24) is 0 Å². The second-order valence-corrected chi connectivity index (χ2v) is 20.3. The maximum absolute atomic E-state index is 2.65. The van der Waals surface area contributed by atoms with Crippen molar-refractivity contribution in [3.05, 3.63) is 137 Å². The molecule has 4 fully saturated rings. The highest BCUT2D eigenvalue weighted by Gasteiger charge is 2.65. The fourth-order valence-electron chi connectivity index (χ4n) is 13.0. The van der Waals surface area contributed by atoms with Gasteiger partial charge in [-0.1, -0.05) is 120 Å². The lowest BCUT2D eigenvalue weighted by molar-refractivity contribution is 0.181. The minimum Gasteiger partial charge on any atom is -0.310 e. The highest BCUT2D eigenvalue weighted by molar-refractivity contribution is 7.99. The maximum atomic E-state index is 2.65. The summed E-state index contributed by atoms with van der Waals surface area (Å²) < 4.78 is 0. The highest BCUT2D eigenvalue weighted by atomic mass is 32.2. The first-order chi connectivity index (χ1) is 25.0. The Hall–Kier alpha value is -3.75. The van der Waals surface area contributed by atoms with Crippen molar-refractivity contribution in [2.24, 2.45) is 23.7 Å². The van der Waals surface area contributed by atoms with Crippen molar-refractivity contribution in [3.8, 4) is 11.1 Å². The first kappa shape index (κ1) is 31.7. The van der Waals surface area contributed by atoms with E-state index < -0.39 is 0 Å². The summed E-state index contributed by atoms with van der Waals surface area (Å²) in [6.07, 6.45) is 8.11. The Morgan fingerprint density at radius 1 is 0.558 bits per heavy atom. The van der Waals surface area contributed by atoms with Crippen molar-refractivity contribution < 1.29 is 0 Å². The smallest absolute Gasteiger partial charge is 0.0502 e. The second-order valence-electron chi connectivity index (χ2n) is 19.2. The third-order valence-corrected chi connectivity index (χ3v) is 16.5. The Kier molecular flexibility index (Phi) is 6.39. The standard InChI is InChI=1S/C50H51NS/c1-47(2)22-23-48(3,4)46-40(47)15-11-16-43(46)51(33-18-20-36-35-12-7-8-13-37(35)49(5,6)42(36)28-33)34-19-21-39-45(29-34)52-44-17-10-9-14-38(44)50(39)32-25-30-24-31(27-32)41(50)26-30/h7-21,28-32,41H,22-27H2,1-6H3. The van der Waals surface area contributed by atoms with Gasteiger partial charge in [-0.05, 0) is 154 Å². The van der Waals surface area contributed by atoms with Crippen LogP contribution in [-0.4, -0.2) is 0 Å². The first-order valence-corrected chi connectivity index (χ1v) is 20.9. The van der Waals surface area contributed by atoms with E-state index in [1.165, 1.54) is 98.8 Å². The van der Waals surface area contributed by atoms with Crippen LogP contribution in [0, 0.1) is 23.7 Å². The van der Waals surface area contributed by atoms with Gasteiger partial charge in [0, 0.05) is 32.0 Å². The van der Waals surface area contributed by atoms with Crippen LogP contribution in [0.25, 0.3) is 11.1 Å². The highest BCUT2D eigenvalue weighted by Crippen LogP contribution is 2.72. The van der Waals surface area contributed by atoms with Crippen molar-refractivity contribution >= 4 is 28.8 Å². The van der Waals surface area contributed by atoms with E-state index in [4.69, 9.17) is 0 Å². The molecule has 4 saturated carbocycles. The third kappa shape index (κ3) is 4.03. The van der Waals surface area contributed by atoms with E-state index in [1.54, 1.807) is 11.1 Å². The summed E-state index contributed by atoms with van der Waals surface area (Å²) in [5.74, 6) is 3.39. The van der Waals surface area contributed by atoms with E-state index in [0.29, 0.717) is 0 Å². The van der Waals surface area contributed by atoms with Crippen molar-refractivity contribution in [2.45, 2.75) is 112 Å². The number of nitrogens with zero attached hydrogens (tertiary/aromatic N) is 1. The fourth-order valence-corrected chi connectivity index (χ4v) is 14.3. The first-order valence-electron chi connectivity index (χ1n) is 20.1. The molecule has 5 atom stereocenters. The predicted octanol–water partition coefficient (Wildman–Crippen LogP) is 13.6. The number of anilines is 3. The molecule has 0 N–H and O–H groups in total. The summed E-state index contributed by atoms with van der Waals surface area (Å²) >= 11 is 2.03. The molecule has 0 saturated heterocycles. The largest absolute Gasteiger partial charge is 0.310 e. The van der Waals surface area contributed by atoms with Crippen molar-refractivity contribution in [3.63, 3.8) is 0 Å². The molecule has 6 aliphatic carbocycles. The summed E-state index contributed by atoms with van der Waals surface area (Å²) in [5, 5.41) is 0. The number of hydrogen-bond acceptors (Lipinski definition) is 2. The average molecular weight is 698 g/mol. The Labute approximate surface area is 315 Å². The zero-order valence-corrected chi connectivity index (χ0v) is 32.5. The Bertz CT molecular complexity index is 2320. The second kappa shape index (κ2) is 10.5. The molecule has 0 amide bonds. The lowest BCUT2D eigenvalue weighted by Gasteiger charge is -2.49. The van der Waals surface area contributed by atoms with Crippen LogP contribution in [0.2, 0.25) is 0 Å². The monoisotopic (exact) mass is 697 g/mol. The van der Waals surface area contributed by atoms with Crippen LogP contribution in [0.15, 0.2) is 113 Å². The average Bonchev–Trinajstić information content (AvgIpc) is 3.65. The van der Waals surface area contributed by atoms with Crippen LogP contribution >= 0.6 is 11.8 Å². The summed E-state index contributed by atoms with van der Waals surface area (Å²) in [4.78, 5) is 5.63. The molecule has 262 valence electrons. The zero-order valence-electron chi connectivity index (χ0n) is 31.7. The van der Waals surface area contributed by atoms with E-state index in [-0.39, 0.29) is 21.7 Å². The molecule has 1 spiro atoms. The lowest BCUT2D eigenvalue weighted by atomic mass is 9.57. The minimum absolute atomic E-state index is 0.0618. The van der Waals surface area contributed by atoms with E-state index in [0.717, 1.165) is 23.7 Å². The quantitative estimate of drug-likeness (QED) is 0.185. The molecule has 5 aromatic carbocycles. The molecule has 1 heterocycles. The van der Waals surface area contributed by atoms with Gasteiger partial charge in [-0.15, -0.1) is 0 Å². The van der Waals surface area contributed by atoms with Crippen LogP contribution in [0.3, 0.4) is 0 Å². The normalized spacial score (nSPS) is 28.6. The zero-order chi connectivity index (χ0) is 35.4. The molecule has 0 radical (unpaired) electrons. The molecule has 5 unspecified atom stereocenters. The minimum atomic E-state index is -0.0618. The van der Waals surface area contributed by atoms with Gasteiger partial charge in [0.15, 0.2) is 0 Å². The van der Waals surface area contributed by atoms with E-state index in [1.807, 2.05) is 11.8 Å². The molecule has 2 heteroatoms. The number of rotatable bonds is 3. The van der Waals surface area contributed by atoms with Gasteiger partial charge in [-0.3, -0.25) is 0 Å². The van der Waals surface area contributed by atoms with Crippen molar-refractivity contribution in [1.29, 1.82) is 0 Å². The predicted molar refractivity (Wildman–Crippen MR) is 218 cm³/mol. The molecule has 1 nitrogen and oxygen atoms in total. The molecule has 0 aromatic heterocycles. The van der Waals surface area contributed by atoms with E-state index in [9.17, 15) is 0 Å². The van der Waals surface area contributed by atoms with Crippen LogP contribution < -0.4 is 4.90 Å². The van der Waals surface area contributed by atoms with Crippen LogP contribution in [0.1, 0.15) is 113 Å². The van der Waals surface area contributed by atoms with Crippen LogP contribution in [0.5, 0.6) is 0 Å². The van der Waals surface area contributed by atoms with Gasteiger partial charge in [0.05, 0.1) is 5.69 Å². The number of hydrogen-bond donors (Lipinski definition) is 0.